The molecule has 2 aromatic rings. The summed E-state index contributed by atoms with van der Waals surface area (Å²) in [5, 5.41) is 0. The number of carbonyl (C=O) groups is 1. The smallest absolute Gasteiger partial charge is 0.250 e. The van der Waals surface area contributed by atoms with Gasteiger partial charge < -0.3 is 4.74 Å². The summed E-state index contributed by atoms with van der Waals surface area (Å²) in [4.78, 5) is 20.1. The van der Waals surface area contributed by atoms with Gasteiger partial charge in [0.05, 0.1) is 12.7 Å². The zero-order valence-electron chi connectivity index (χ0n) is 10.9. The van der Waals surface area contributed by atoms with Crippen molar-refractivity contribution in [2.24, 2.45) is 0 Å². The van der Waals surface area contributed by atoms with Crippen molar-refractivity contribution >= 4 is 5.78 Å². The highest BCUT2D eigenvalue weighted by molar-refractivity contribution is 6.08. The van der Waals surface area contributed by atoms with Crippen molar-refractivity contribution in [3.05, 3.63) is 52.7 Å². The average Bonchev–Trinajstić information content (AvgIpc) is 2.38. The quantitative estimate of drug-likeness (QED) is 0.795. The van der Waals surface area contributed by atoms with Crippen LogP contribution in [0.25, 0.3) is 0 Å². The number of methoxy groups -OCH3 is 1. The molecule has 0 saturated heterocycles. The molecule has 98 valence electrons. The fourth-order valence-corrected chi connectivity index (χ4v) is 1.82. The van der Waals surface area contributed by atoms with Crippen LogP contribution in [-0.2, 0) is 0 Å². The van der Waals surface area contributed by atoms with E-state index >= 15 is 0 Å². The van der Waals surface area contributed by atoms with E-state index in [1.54, 1.807) is 13.1 Å². The maximum Gasteiger partial charge on any atom is 0.250 e. The van der Waals surface area contributed by atoms with E-state index in [-0.39, 0.29) is 17.1 Å². The van der Waals surface area contributed by atoms with Crippen LogP contribution in [0.4, 0.5) is 4.39 Å². The van der Waals surface area contributed by atoms with E-state index in [9.17, 15) is 9.18 Å². The first-order valence-electron chi connectivity index (χ1n) is 5.71. The fraction of sp³-hybridized carbons (Fsp3) is 0.214. The SMILES string of the molecule is COc1nccc(C(=O)c2ncc(C)cc2C)c1F. The molecule has 0 bridgehead atoms. The zero-order chi connectivity index (χ0) is 14.0. The molecule has 0 aromatic carbocycles. The Morgan fingerprint density at radius 2 is 2.05 bits per heavy atom. The van der Waals surface area contributed by atoms with Crippen LogP contribution in [0, 0.1) is 19.7 Å². The van der Waals surface area contributed by atoms with Crippen LogP contribution >= 0.6 is 0 Å². The highest BCUT2D eigenvalue weighted by atomic mass is 19.1. The van der Waals surface area contributed by atoms with Crippen LogP contribution in [0.15, 0.2) is 24.5 Å². The minimum absolute atomic E-state index is 0.0914. The normalized spacial score (nSPS) is 10.3. The van der Waals surface area contributed by atoms with Gasteiger partial charge in [0.1, 0.15) is 5.69 Å². The Hall–Kier alpha value is -2.30. The Bertz CT molecular complexity index is 641. The third-order valence-corrected chi connectivity index (χ3v) is 2.73. The first-order valence-corrected chi connectivity index (χ1v) is 5.71. The molecule has 4 nitrogen and oxygen atoms in total. The van der Waals surface area contributed by atoms with Gasteiger partial charge in [-0.3, -0.25) is 9.78 Å². The first kappa shape index (κ1) is 13.1. The number of hydrogen-bond donors (Lipinski definition) is 0. The van der Waals surface area contributed by atoms with E-state index in [4.69, 9.17) is 4.74 Å². The van der Waals surface area contributed by atoms with E-state index in [1.165, 1.54) is 19.4 Å². The van der Waals surface area contributed by atoms with Crippen molar-refractivity contribution in [2.45, 2.75) is 13.8 Å². The Morgan fingerprint density at radius 1 is 1.32 bits per heavy atom. The molecule has 2 rings (SSSR count). The summed E-state index contributed by atoms with van der Waals surface area (Å²) in [6, 6.07) is 3.15. The van der Waals surface area contributed by atoms with Crippen LogP contribution in [0.2, 0.25) is 0 Å². The molecule has 0 spiro atoms. The molecule has 0 unspecified atom stereocenters. The molecule has 0 aliphatic heterocycles. The van der Waals surface area contributed by atoms with Crippen LogP contribution < -0.4 is 4.74 Å². The summed E-state index contributed by atoms with van der Waals surface area (Å²) in [7, 11) is 1.30. The highest BCUT2D eigenvalue weighted by Crippen LogP contribution is 2.20. The van der Waals surface area contributed by atoms with Crippen LogP contribution in [-0.4, -0.2) is 22.9 Å². The van der Waals surface area contributed by atoms with E-state index in [0.29, 0.717) is 5.56 Å². The highest BCUT2D eigenvalue weighted by Gasteiger charge is 2.20. The van der Waals surface area contributed by atoms with Crippen LogP contribution in [0.5, 0.6) is 5.88 Å². The minimum atomic E-state index is -0.767. The number of halogens is 1. The predicted octanol–water partition coefficient (Wildman–Crippen LogP) is 2.47. The van der Waals surface area contributed by atoms with E-state index in [0.717, 1.165) is 5.56 Å². The molecular weight excluding hydrogens is 247 g/mol. The minimum Gasteiger partial charge on any atom is -0.479 e. The molecule has 0 atom stereocenters. The topological polar surface area (TPSA) is 52.1 Å². The summed E-state index contributed by atoms with van der Waals surface area (Å²) in [6.07, 6.45) is 2.91. The van der Waals surface area contributed by atoms with Gasteiger partial charge in [0, 0.05) is 12.4 Å². The lowest BCUT2D eigenvalue weighted by molar-refractivity contribution is 0.102. The largest absolute Gasteiger partial charge is 0.479 e. The number of ketones is 1. The van der Waals surface area contributed by atoms with Crippen LogP contribution in [0.3, 0.4) is 0 Å². The summed E-state index contributed by atoms with van der Waals surface area (Å²) in [5.74, 6) is -1.44. The summed E-state index contributed by atoms with van der Waals surface area (Å²) >= 11 is 0. The number of carbonyl (C=O) groups excluding carboxylic acids is 1. The van der Waals surface area contributed by atoms with Gasteiger partial charge in [-0.05, 0) is 31.0 Å². The standard InChI is InChI=1S/C14H13FN2O2/c1-8-6-9(2)12(17-7-8)13(18)10-4-5-16-14(19-3)11(10)15/h4-7H,1-3H3. The van der Waals surface area contributed by atoms with Gasteiger partial charge >= 0.3 is 0 Å². The molecule has 0 amide bonds. The second kappa shape index (κ2) is 5.14. The summed E-state index contributed by atoms with van der Waals surface area (Å²) in [6.45, 7) is 3.65. The van der Waals surface area contributed by atoms with Crippen molar-refractivity contribution in [3.63, 3.8) is 0 Å². The predicted molar refractivity (Wildman–Crippen MR) is 67.9 cm³/mol. The van der Waals surface area contributed by atoms with E-state index in [1.807, 2.05) is 13.0 Å². The van der Waals surface area contributed by atoms with Crippen molar-refractivity contribution in [1.29, 1.82) is 0 Å². The Morgan fingerprint density at radius 3 is 2.68 bits per heavy atom. The second-order valence-corrected chi connectivity index (χ2v) is 4.19. The third-order valence-electron chi connectivity index (χ3n) is 2.73. The average molecular weight is 260 g/mol. The number of pyridine rings is 2. The molecule has 2 aromatic heterocycles. The zero-order valence-corrected chi connectivity index (χ0v) is 10.9. The van der Waals surface area contributed by atoms with Gasteiger partial charge in [-0.1, -0.05) is 6.07 Å². The van der Waals surface area contributed by atoms with Gasteiger partial charge in [0.25, 0.3) is 5.88 Å². The molecule has 0 fully saturated rings. The Kier molecular flexibility index (Phi) is 3.55. The molecule has 0 radical (unpaired) electrons. The third kappa shape index (κ3) is 2.45. The van der Waals surface area contributed by atoms with Crippen molar-refractivity contribution in [1.82, 2.24) is 9.97 Å². The lowest BCUT2D eigenvalue weighted by Gasteiger charge is -2.07. The number of rotatable bonds is 3. The van der Waals surface area contributed by atoms with Gasteiger partial charge in [0.15, 0.2) is 5.82 Å². The lowest BCUT2D eigenvalue weighted by atomic mass is 10.0. The lowest BCUT2D eigenvalue weighted by Crippen LogP contribution is -2.10. The Labute approximate surface area is 110 Å². The molecule has 0 saturated carbocycles. The molecule has 5 heteroatoms. The van der Waals surface area contributed by atoms with Gasteiger partial charge in [0.2, 0.25) is 5.78 Å². The van der Waals surface area contributed by atoms with Gasteiger partial charge in [-0.25, -0.2) is 9.37 Å². The van der Waals surface area contributed by atoms with Crippen molar-refractivity contribution in [3.8, 4) is 5.88 Å². The Balaban J connectivity index is 2.50. The molecule has 0 aliphatic carbocycles. The van der Waals surface area contributed by atoms with E-state index < -0.39 is 11.6 Å². The molecular formula is C14H13FN2O2. The molecule has 0 aliphatic rings. The summed E-state index contributed by atoms with van der Waals surface area (Å²) < 4.78 is 18.7. The van der Waals surface area contributed by atoms with Gasteiger partial charge in [-0.15, -0.1) is 0 Å². The first-order chi connectivity index (χ1) is 9.04. The maximum absolute atomic E-state index is 14.0. The fourth-order valence-electron chi connectivity index (χ4n) is 1.82. The number of aryl methyl sites for hydroxylation is 2. The number of hydrogen-bond acceptors (Lipinski definition) is 4. The molecule has 19 heavy (non-hydrogen) atoms. The van der Waals surface area contributed by atoms with E-state index in [2.05, 4.69) is 9.97 Å². The van der Waals surface area contributed by atoms with Crippen molar-refractivity contribution in [2.75, 3.05) is 7.11 Å². The number of aromatic nitrogens is 2. The number of ether oxygens (including phenoxy) is 1. The van der Waals surface area contributed by atoms with Crippen molar-refractivity contribution < 1.29 is 13.9 Å². The maximum atomic E-state index is 14.0. The van der Waals surface area contributed by atoms with Gasteiger partial charge in [-0.2, -0.15) is 0 Å². The molecule has 2 heterocycles. The summed E-state index contributed by atoms with van der Waals surface area (Å²) in [5.41, 5.74) is 1.80. The van der Waals surface area contributed by atoms with Crippen LogP contribution in [0.1, 0.15) is 27.2 Å². The second-order valence-electron chi connectivity index (χ2n) is 4.19. The number of nitrogens with zero attached hydrogens (tertiary/aromatic N) is 2. The molecule has 0 N–H and O–H groups in total. The monoisotopic (exact) mass is 260 g/mol.